The second-order valence-corrected chi connectivity index (χ2v) is 7.72. The van der Waals surface area contributed by atoms with Gasteiger partial charge in [-0.3, -0.25) is 9.80 Å². The Morgan fingerprint density at radius 2 is 1.79 bits per heavy atom. The van der Waals surface area contributed by atoms with Crippen LogP contribution in [-0.2, 0) is 13.2 Å². The van der Waals surface area contributed by atoms with Crippen LogP contribution in [0.5, 0.6) is 11.5 Å². The summed E-state index contributed by atoms with van der Waals surface area (Å²) in [6, 6.07) is 17.3. The van der Waals surface area contributed by atoms with Crippen LogP contribution in [0, 0.1) is 0 Å². The molecule has 0 bridgehead atoms. The SMILES string of the molecule is COc1cc(CN2CCC(N3CCNCC3)C2)ccc1OCc1ccccc1. The number of nitrogens with one attached hydrogen (secondary N) is 1. The fraction of sp³-hybridized carbons (Fsp3) is 0.478. The summed E-state index contributed by atoms with van der Waals surface area (Å²) in [6.07, 6.45) is 1.27. The van der Waals surface area contributed by atoms with Gasteiger partial charge in [0.25, 0.3) is 0 Å². The van der Waals surface area contributed by atoms with E-state index in [0.717, 1.165) is 43.2 Å². The summed E-state index contributed by atoms with van der Waals surface area (Å²) >= 11 is 0. The Hall–Kier alpha value is -2.08. The van der Waals surface area contributed by atoms with Crippen molar-refractivity contribution in [1.29, 1.82) is 0 Å². The molecule has 2 aliphatic heterocycles. The molecule has 1 N–H and O–H groups in total. The van der Waals surface area contributed by atoms with Gasteiger partial charge in [0.15, 0.2) is 11.5 Å². The van der Waals surface area contributed by atoms with Gasteiger partial charge in [-0.25, -0.2) is 0 Å². The summed E-state index contributed by atoms with van der Waals surface area (Å²) in [4.78, 5) is 5.21. The maximum absolute atomic E-state index is 5.98. The Morgan fingerprint density at radius 1 is 0.964 bits per heavy atom. The third-order valence-electron chi connectivity index (χ3n) is 5.79. The smallest absolute Gasteiger partial charge is 0.161 e. The van der Waals surface area contributed by atoms with Crippen molar-refractivity contribution in [2.75, 3.05) is 46.4 Å². The number of hydrogen-bond donors (Lipinski definition) is 1. The zero-order valence-electron chi connectivity index (χ0n) is 16.8. The minimum absolute atomic E-state index is 0.551. The van der Waals surface area contributed by atoms with E-state index in [4.69, 9.17) is 9.47 Å². The maximum atomic E-state index is 5.98. The average Bonchev–Trinajstić information content (AvgIpc) is 3.22. The van der Waals surface area contributed by atoms with Gasteiger partial charge in [-0.05, 0) is 29.7 Å². The number of nitrogens with zero attached hydrogens (tertiary/aromatic N) is 2. The van der Waals surface area contributed by atoms with Crippen molar-refractivity contribution in [2.45, 2.75) is 25.6 Å². The van der Waals surface area contributed by atoms with Crippen LogP contribution in [0.4, 0.5) is 0 Å². The molecule has 1 atom stereocenters. The van der Waals surface area contributed by atoms with E-state index < -0.39 is 0 Å². The fourth-order valence-corrected chi connectivity index (χ4v) is 4.22. The van der Waals surface area contributed by atoms with Crippen LogP contribution in [0.1, 0.15) is 17.5 Å². The highest BCUT2D eigenvalue weighted by molar-refractivity contribution is 5.43. The first-order valence-corrected chi connectivity index (χ1v) is 10.3. The van der Waals surface area contributed by atoms with Gasteiger partial charge < -0.3 is 14.8 Å². The Morgan fingerprint density at radius 3 is 2.57 bits per heavy atom. The summed E-state index contributed by atoms with van der Waals surface area (Å²) in [5, 5.41) is 3.45. The molecule has 5 nitrogen and oxygen atoms in total. The second kappa shape index (κ2) is 9.41. The van der Waals surface area contributed by atoms with Gasteiger partial charge in [0, 0.05) is 51.9 Å². The lowest BCUT2D eigenvalue weighted by molar-refractivity contribution is 0.170. The zero-order valence-corrected chi connectivity index (χ0v) is 16.8. The first-order valence-electron chi connectivity index (χ1n) is 10.3. The number of piperazine rings is 1. The minimum atomic E-state index is 0.551. The topological polar surface area (TPSA) is 37.0 Å². The lowest BCUT2D eigenvalue weighted by atomic mass is 10.2. The molecule has 0 aromatic heterocycles. The molecular weight excluding hydrogens is 350 g/mol. The van der Waals surface area contributed by atoms with E-state index in [9.17, 15) is 0 Å². The van der Waals surface area contributed by atoms with Gasteiger partial charge in [0.2, 0.25) is 0 Å². The molecule has 2 saturated heterocycles. The molecular formula is C23H31N3O2. The molecule has 4 rings (SSSR count). The molecule has 0 aliphatic carbocycles. The Balaban J connectivity index is 1.33. The minimum Gasteiger partial charge on any atom is -0.493 e. The van der Waals surface area contributed by atoms with E-state index in [0.29, 0.717) is 12.6 Å². The van der Waals surface area contributed by atoms with Crippen molar-refractivity contribution >= 4 is 0 Å². The standard InChI is InChI=1S/C23H31N3O2/c1-27-23-15-20(7-8-22(23)28-18-19-5-3-2-4-6-19)16-25-12-9-21(17-25)26-13-10-24-11-14-26/h2-8,15,21,24H,9-14,16-18H2,1H3. The van der Waals surface area contributed by atoms with Gasteiger partial charge in [-0.1, -0.05) is 36.4 Å². The average molecular weight is 382 g/mol. The maximum Gasteiger partial charge on any atom is 0.161 e. The van der Waals surface area contributed by atoms with E-state index >= 15 is 0 Å². The molecule has 2 heterocycles. The molecule has 1 unspecified atom stereocenters. The summed E-state index contributed by atoms with van der Waals surface area (Å²) < 4.78 is 11.6. The summed E-state index contributed by atoms with van der Waals surface area (Å²) in [7, 11) is 1.71. The van der Waals surface area contributed by atoms with Crippen LogP contribution in [0.2, 0.25) is 0 Å². The highest BCUT2D eigenvalue weighted by Crippen LogP contribution is 2.30. The molecule has 0 amide bonds. The monoisotopic (exact) mass is 381 g/mol. The number of ether oxygens (including phenoxy) is 2. The number of hydrogen-bond acceptors (Lipinski definition) is 5. The van der Waals surface area contributed by atoms with Crippen LogP contribution in [-0.4, -0.2) is 62.2 Å². The molecule has 2 fully saturated rings. The second-order valence-electron chi connectivity index (χ2n) is 7.72. The quantitative estimate of drug-likeness (QED) is 0.798. The predicted molar refractivity (Wildman–Crippen MR) is 112 cm³/mol. The van der Waals surface area contributed by atoms with E-state index in [1.807, 2.05) is 24.3 Å². The Bertz CT molecular complexity index is 747. The summed E-state index contributed by atoms with van der Waals surface area (Å²) in [5.41, 5.74) is 2.44. The van der Waals surface area contributed by atoms with Gasteiger partial charge in [0.05, 0.1) is 7.11 Å². The number of benzene rings is 2. The highest BCUT2D eigenvalue weighted by Gasteiger charge is 2.28. The largest absolute Gasteiger partial charge is 0.493 e. The van der Waals surface area contributed by atoms with Gasteiger partial charge in [-0.15, -0.1) is 0 Å². The molecule has 0 spiro atoms. The molecule has 2 aromatic carbocycles. The van der Waals surface area contributed by atoms with Crippen molar-refractivity contribution in [3.05, 3.63) is 59.7 Å². The first-order chi connectivity index (χ1) is 13.8. The van der Waals surface area contributed by atoms with Crippen molar-refractivity contribution < 1.29 is 9.47 Å². The Labute approximate surface area is 168 Å². The van der Waals surface area contributed by atoms with Gasteiger partial charge in [-0.2, -0.15) is 0 Å². The van der Waals surface area contributed by atoms with Crippen LogP contribution in [0.3, 0.4) is 0 Å². The number of rotatable bonds is 7. The molecule has 5 heteroatoms. The van der Waals surface area contributed by atoms with Crippen LogP contribution in [0.15, 0.2) is 48.5 Å². The van der Waals surface area contributed by atoms with Crippen molar-refractivity contribution in [3.8, 4) is 11.5 Å². The third-order valence-corrected chi connectivity index (χ3v) is 5.79. The van der Waals surface area contributed by atoms with Crippen molar-refractivity contribution in [1.82, 2.24) is 15.1 Å². The highest BCUT2D eigenvalue weighted by atomic mass is 16.5. The molecule has 0 saturated carbocycles. The molecule has 0 radical (unpaired) electrons. The van der Waals surface area contributed by atoms with Crippen LogP contribution >= 0.6 is 0 Å². The number of likely N-dealkylation sites (tertiary alicyclic amines) is 1. The van der Waals surface area contributed by atoms with E-state index in [2.05, 4.69) is 39.4 Å². The normalized spacial score (nSPS) is 21.0. The third kappa shape index (κ3) is 4.85. The van der Waals surface area contributed by atoms with Crippen molar-refractivity contribution in [2.24, 2.45) is 0 Å². The predicted octanol–water partition coefficient (Wildman–Crippen LogP) is 2.75. The van der Waals surface area contributed by atoms with Crippen LogP contribution in [0.25, 0.3) is 0 Å². The summed E-state index contributed by atoms with van der Waals surface area (Å²) in [6.45, 7) is 8.46. The van der Waals surface area contributed by atoms with Crippen LogP contribution < -0.4 is 14.8 Å². The molecule has 2 aliphatic rings. The summed E-state index contributed by atoms with van der Waals surface area (Å²) in [5.74, 6) is 1.61. The van der Waals surface area contributed by atoms with Gasteiger partial charge >= 0.3 is 0 Å². The lowest BCUT2D eigenvalue weighted by Gasteiger charge is -2.32. The fourth-order valence-electron chi connectivity index (χ4n) is 4.22. The van der Waals surface area contributed by atoms with E-state index in [1.54, 1.807) is 7.11 Å². The first kappa shape index (κ1) is 19.2. The zero-order chi connectivity index (χ0) is 19.2. The lowest BCUT2D eigenvalue weighted by Crippen LogP contribution is -2.49. The molecule has 150 valence electrons. The van der Waals surface area contributed by atoms with E-state index in [-0.39, 0.29) is 0 Å². The number of methoxy groups -OCH3 is 1. The van der Waals surface area contributed by atoms with Gasteiger partial charge in [0.1, 0.15) is 6.61 Å². The molecule has 2 aromatic rings. The Kier molecular flexibility index (Phi) is 6.47. The van der Waals surface area contributed by atoms with Crippen molar-refractivity contribution in [3.63, 3.8) is 0 Å². The molecule has 28 heavy (non-hydrogen) atoms. The van der Waals surface area contributed by atoms with E-state index in [1.165, 1.54) is 31.6 Å².